The van der Waals surface area contributed by atoms with Gasteiger partial charge in [-0.25, -0.2) is 4.90 Å². The summed E-state index contributed by atoms with van der Waals surface area (Å²) in [5.74, 6) is 1.55. The monoisotopic (exact) mass is 349 g/mol. The number of allylic oxidation sites excluding steroid dienone is 2. The van der Waals surface area contributed by atoms with E-state index in [9.17, 15) is 0 Å². The van der Waals surface area contributed by atoms with E-state index in [1.165, 1.54) is 29.1 Å². The summed E-state index contributed by atoms with van der Waals surface area (Å²) in [5.41, 5.74) is 2.54. The first kappa shape index (κ1) is 12.3. The van der Waals surface area contributed by atoms with Gasteiger partial charge in [-0.1, -0.05) is 6.92 Å². The van der Waals surface area contributed by atoms with E-state index in [0.717, 1.165) is 9.76 Å². The lowest BCUT2D eigenvalue weighted by Gasteiger charge is -2.31. The van der Waals surface area contributed by atoms with Crippen LogP contribution in [0.4, 0.5) is 0 Å². The summed E-state index contributed by atoms with van der Waals surface area (Å²) in [5, 5.41) is 0. The molecule has 0 saturated heterocycles. The fourth-order valence-corrected chi connectivity index (χ4v) is 3.17. The van der Waals surface area contributed by atoms with Crippen molar-refractivity contribution in [2.75, 3.05) is 0 Å². The molecule has 1 fully saturated rings. The van der Waals surface area contributed by atoms with Gasteiger partial charge in [-0.2, -0.15) is 4.99 Å². The first-order chi connectivity index (χ1) is 7.25. The van der Waals surface area contributed by atoms with E-state index in [0.29, 0.717) is 5.92 Å². The number of rotatable bonds is 1. The van der Waals surface area contributed by atoms with E-state index < -0.39 is 0 Å². The third-order valence-corrected chi connectivity index (χ3v) is 4.12. The van der Waals surface area contributed by atoms with E-state index in [-0.39, 0.29) is 12.4 Å². The van der Waals surface area contributed by atoms with E-state index in [1.54, 1.807) is 0 Å². The lowest BCUT2D eigenvalue weighted by molar-refractivity contribution is -0.684. The number of amidine groups is 1. The Kier molecular flexibility index (Phi) is 3.51. The predicted molar refractivity (Wildman–Crippen MR) is 69.0 cm³/mol. The Bertz CT molecular complexity index is 419. The van der Waals surface area contributed by atoms with Gasteiger partial charge in [0, 0.05) is 5.92 Å². The molecule has 0 aromatic rings. The molecule has 1 unspecified atom stereocenters. The van der Waals surface area contributed by atoms with Crippen LogP contribution >= 0.6 is 22.6 Å². The van der Waals surface area contributed by atoms with Crippen LogP contribution in [0.5, 0.6) is 0 Å². The highest BCUT2D eigenvalue weighted by atomic mass is 127. The third kappa shape index (κ3) is 1.87. The molecule has 16 heavy (non-hydrogen) atoms. The molecule has 3 aliphatic rings. The zero-order chi connectivity index (χ0) is 10.4. The molecule has 2 aliphatic heterocycles. The van der Waals surface area contributed by atoms with Gasteiger partial charge in [0.05, 0.1) is 35.0 Å². The largest absolute Gasteiger partial charge is 1.00 e. The van der Waals surface area contributed by atoms with Crippen LogP contribution < -0.4 is 17.3 Å². The lowest BCUT2D eigenvalue weighted by atomic mass is 9.74. The molecule has 3 nitrogen and oxygen atoms in total. The van der Waals surface area contributed by atoms with Gasteiger partial charge >= 0.3 is 0 Å². The normalized spacial score (nSPS) is 35.4. The fraction of sp³-hybridized carbons (Fsp3) is 0.455. The first-order valence-electron chi connectivity index (χ1n) is 5.31. The van der Waals surface area contributed by atoms with Crippen LogP contribution in [0.25, 0.3) is 0 Å². The summed E-state index contributed by atoms with van der Waals surface area (Å²) in [6, 6.07) is 0. The van der Waals surface area contributed by atoms with Gasteiger partial charge in [-0.05, 0) is 18.8 Å². The van der Waals surface area contributed by atoms with Crippen molar-refractivity contribution in [1.29, 1.82) is 0 Å². The maximum atomic E-state index is 4.69. The van der Waals surface area contributed by atoms with Crippen LogP contribution in [0.1, 0.15) is 19.8 Å². The Morgan fingerprint density at radius 3 is 2.88 bits per heavy atom. The van der Waals surface area contributed by atoms with Crippen molar-refractivity contribution in [3.05, 3.63) is 23.8 Å². The predicted octanol–water partition coefficient (Wildman–Crippen LogP) is -1.51. The van der Waals surface area contributed by atoms with Gasteiger partial charge in [0.2, 0.25) is 0 Å². The van der Waals surface area contributed by atoms with Gasteiger partial charge in [0.15, 0.2) is 5.70 Å². The number of nitrogens with one attached hydrogen (secondary N) is 1. The summed E-state index contributed by atoms with van der Waals surface area (Å²) >= 11 is 2.32. The SMILES string of the molecule is CC1CC(C2=C3C=NC=C[NH+]3C(I)=N2)C1.[Cl-]. The van der Waals surface area contributed by atoms with Crippen molar-refractivity contribution < 1.29 is 17.3 Å². The van der Waals surface area contributed by atoms with Crippen LogP contribution in [0.2, 0.25) is 0 Å². The van der Waals surface area contributed by atoms with Crippen molar-refractivity contribution in [2.24, 2.45) is 21.8 Å². The van der Waals surface area contributed by atoms with Gasteiger partial charge in [0.25, 0.3) is 3.84 Å². The molecule has 2 heterocycles. The zero-order valence-electron chi connectivity index (χ0n) is 8.95. The summed E-state index contributed by atoms with van der Waals surface area (Å²) in [4.78, 5) is 10.2. The maximum absolute atomic E-state index is 4.69. The maximum Gasteiger partial charge on any atom is 0.272 e. The molecule has 0 amide bonds. The van der Waals surface area contributed by atoms with Crippen molar-refractivity contribution in [2.45, 2.75) is 19.8 Å². The van der Waals surface area contributed by atoms with E-state index >= 15 is 0 Å². The highest BCUT2D eigenvalue weighted by Crippen LogP contribution is 2.40. The molecule has 3 rings (SSSR count). The average molecular weight is 350 g/mol. The molecule has 0 radical (unpaired) electrons. The highest BCUT2D eigenvalue weighted by molar-refractivity contribution is 14.1. The van der Waals surface area contributed by atoms with Crippen molar-refractivity contribution >= 4 is 32.6 Å². The van der Waals surface area contributed by atoms with E-state index in [4.69, 9.17) is 4.99 Å². The minimum absolute atomic E-state index is 0. The van der Waals surface area contributed by atoms with Crippen molar-refractivity contribution in [1.82, 2.24) is 0 Å². The van der Waals surface area contributed by atoms with Crippen molar-refractivity contribution in [3.8, 4) is 0 Å². The number of hydrogen-bond acceptors (Lipinski definition) is 2. The molecule has 86 valence electrons. The number of nitrogens with zero attached hydrogens (tertiary/aromatic N) is 2. The molecule has 1 N–H and O–H groups in total. The number of halogens is 2. The van der Waals surface area contributed by atoms with Crippen LogP contribution in [-0.2, 0) is 0 Å². The Morgan fingerprint density at radius 1 is 1.44 bits per heavy atom. The topological polar surface area (TPSA) is 29.2 Å². The third-order valence-electron chi connectivity index (χ3n) is 3.30. The lowest BCUT2D eigenvalue weighted by Crippen LogP contribution is -3.07. The van der Waals surface area contributed by atoms with Crippen LogP contribution in [0.3, 0.4) is 0 Å². The molecule has 1 aliphatic carbocycles. The summed E-state index contributed by atoms with van der Waals surface area (Å²) in [7, 11) is 0. The highest BCUT2D eigenvalue weighted by Gasteiger charge is 2.38. The Balaban J connectivity index is 0.000000963. The smallest absolute Gasteiger partial charge is 0.272 e. The van der Waals surface area contributed by atoms with Crippen LogP contribution in [-0.4, -0.2) is 10.1 Å². The summed E-state index contributed by atoms with van der Waals surface area (Å²) < 4.78 is 1.12. The molecule has 0 spiro atoms. The number of quaternary nitrogens is 1. The molecule has 0 aromatic heterocycles. The van der Waals surface area contributed by atoms with Crippen LogP contribution in [0.15, 0.2) is 33.8 Å². The van der Waals surface area contributed by atoms with Gasteiger partial charge in [-0.15, -0.1) is 0 Å². The number of hydrogen-bond donors (Lipinski definition) is 1. The number of fused-ring (bicyclic) bond motifs is 1. The minimum Gasteiger partial charge on any atom is -1.00 e. The van der Waals surface area contributed by atoms with E-state index in [1.807, 2.05) is 12.4 Å². The Hall–Kier alpha value is -0.200. The van der Waals surface area contributed by atoms with Crippen LogP contribution in [0, 0.1) is 11.8 Å². The average Bonchev–Trinajstić information content (AvgIpc) is 2.52. The molecule has 1 atom stereocenters. The zero-order valence-corrected chi connectivity index (χ0v) is 11.9. The second-order valence-corrected chi connectivity index (χ2v) is 5.50. The quantitative estimate of drug-likeness (QED) is 0.441. The fourth-order valence-electron chi connectivity index (χ4n) is 2.44. The molecular weight excluding hydrogens is 336 g/mol. The summed E-state index contributed by atoms with van der Waals surface area (Å²) in [6.07, 6.45) is 8.45. The molecule has 5 heteroatoms. The van der Waals surface area contributed by atoms with Gasteiger partial charge in [-0.3, -0.25) is 4.99 Å². The molecular formula is C11H13ClIN3. The van der Waals surface area contributed by atoms with Gasteiger partial charge < -0.3 is 12.4 Å². The molecule has 0 aromatic carbocycles. The standard InChI is InChI=1S/C11H12IN3.ClH/c1-7-4-8(5-7)10-9-6-13-2-3-15(9)11(12)14-10;/h2-3,6-8H,4-5H2,1H3;1H. The Labute approximate surface area is 115 Å². The Morgan fingerprint density at radius 2 is 2.19 bits per heavy atom. The minimum atomic E-state index is 0. The second-order valence-electron chi connectivity index (χ2n) is 4.48. The van der Waals surface area contributed by atoms with Crippen molar-refractivity contribution in [3.63, 3.8) is 0 Å². The molecule has 1 saturated carbocycles. The molecule has 0 bridgehead atoms. The summed E-state index contributed by atoms with van der Waals surface area (Å²) in [6.45, 7) is 2.31. The van der Waals surface area contributed by atoms with E-state index in [2.05, 4.69) is 40.7 Å². The van der Waals surface area contributed by atoms with Gasteiger partial charge in [0.1, 0.15) is 11.9 Å². The second kappa shape index (κ2) is 4.58. The first-order valence-corrected chi connectivity index (χ1v) is 6.39. The number of aliphatic imine (C=N–C) groups is 2.